The van der Waals surface area contributed by atoms with Crippen molar-refractivity contribution >= 4 is 11.5 Å². The van der Waals surface area contributed by atoms with Gasteiger partial charge in [0.1, 0.15) is 5.84 Å². The van der Waals surface area contributed by atoms with E-state index in [1.165, 1.54) is 16.8 Å². The molecule has 112 valence electrons. The van der Waals surface area contributed by atoms with Crippen LogP contribution in [-0.4, -0.2) is 17.6 Å². The summed E-state index contributed by atoms with van der Waals surface area (Å²) in [5, 5.41) is 15.3. The van der Waals surface area contributed by atoms with Crippen molar-refractivity contribution in [2.24, 2.45) is 16.3 Å². The van der Waals surface area contributed by atoms with Gasteiger partial charge in [-0.25, -0.2) is 0 Å². The third-order valence-corrected chi connectivity index (χ3v) is 3.74. The number of hydrogen-bond acceptors (Lipinski definition) is 3. The van der Waals surface area contributed by atoms with Crippen molar-refractivity contribution in [1.82, 2.24) is 0 Å². The van der Waals surface area contributed by atoms with Crippen LogP contribution in [0.1, 0.15) is 44.2 Å². The molecule has 0 unspecified atom stereocenters. The predicted molar refractivity (Wildman–Crippen MR) is 85.4 cm³/mol. The zero-order valence-corrected chi connectivity index (χ0v) is 13.0. The van der Waals surface area contributed by atoms with Crippen LogP contribution in [-0.2, 0) is 0 Å². The molecule has 1 aromatic carbocycles. The normalized spacial score (nSPS) is 12.5. The van der Waals surface area contributed by atoms with E-state index >= 15 is 0 Å². The smallest absolute Gasteiger partial charge is 0.144 e. The first-order chi connectivity index (χ1) is 9.36. The van der Waals surface area contributed by atoms with Gasteiger partial charge in [0.2, 0.25) is 0 Å². The number of oxime groups is 1. The highest BCUT2D eigenvalue weighted by atomic mass is 16.4. The minimum atomic E-state index is -0.242. The summed E-state index contributed by atoms with van der Waals surface area (Å²) in [6.45, 7) is 9.16. The van der Waals surface area contributed by atoms with E-state index in [-0.39, 0.29) is 5.41 Å². The minimum Gasteiger partial charge on any atom is -0.409 e. The van der Waals surface area contributed by atoms with Gasteiger partial charge in [-0.15, -0.1) is 0 Å². The lowest BCUT2D eigenvalue weighted by Gasteiger charge is -2.22. The third kappa shape index (κ3) is 4.76. The number of amidine groups is 1. The second-order valence-corrected chi connectivity index (χ2v) is 6.07. The lowest BCUT2D eigenvalue weighted by atomic mass is 9.86. The van der Waals surface area contributed by atoms with E-state index in [1.54, 1.807) is 0 Å². The molecule has 0 aliphatic rings. The number of aryl methyl sites for hydroxylation is 2. The molecule has 0 saturated carbocycles. The summed E-state index contributed by atoms with van der Waals surface area (Å²) >= 11 is 0. The minimum absolute atomic E-state index is 0.242. The lowest BCUT2D eigenvalue weighted by molar-refractivity contribution is 0.304. The zero-order chi connectivity index (χ0) is 15.2. The Balaban J connectivity index is 2.34. The fourth-order valence-electron chi connectivity index (χ4n) is 2.10. The van der Waals surface area contributed by atoms with Crippen LogP contribution in [0.15, 0.2) is 23.4 Å². The molecule has 0 aromatic heterocycles. The second kappa shape index (κ2) is 7.17. The van der Waals surface area contributed by atoms with Gasteiger partial charge in [0.15, 0.2) is 0 Å². The molecule has 0 saturated heterocycles. The molecule has 0 heterocycles. The van der Waals surface area contributed by atoms with Gasteiger partial charge in [0.25, 0.3) is 0 Å². The summed E-state index contributed by atoms with van der Waals surface area (Å²) in [5.74, 6) is 0.306. The van der Waals surface area contributed by atoms with Crippen molar-refractivity contribution in [3.05, 3.63) is 29.3 Å². The summed E-state index contributed by atoms with van der Waals surface area (Å²) in [5.41, 5.74) is 9.18. The molecule has 1 aromatic rings. The Morgan fingerprint density at radius 3 is 2.65 bits per heavy atom. The summed E-state index contributed by atoms with van der Waals surface area (Å²) in [7, 11) is 0. The van der Waals surface area contributed by atoms with Gasteiger partial charge in [-0.2, -0.15) is 0 Å². The number of hydrogen-bond donors (Lipinski definition) is 3. The van der Waals surface area contributed by atoms with E-state index in [0.717, 1.165) is 25.8 Å². The summed E-state index contributed by atoms with van der Waals surface area (Å²) in [6.07, 6.45) is 3.02. The highest BCUT2D eigenvalue weighted by Gasteiger charge is 2.22. The maximum atomic E-state index is 8.73. The average molecular weight is 277 g/mol. The van der Waals surface area contributed by atoms with Gasteiger partial charge in [-0.3, -0.25) is 0 Å². The van der Waals surface area contributed by atoms with Crippen LogP contribution < -0.4 is 11.1 Å². The van der Waals surface area contributed by atoms with Gasteiger partial charge in [-0.1, -0.05) is 37.6 Å². The van der Waals surface area contributed by atoms with Gasteiger partial charge in [0, 0.05) is 17.6 Å². The van der Waals surface area contributed by atoms with E-state index in [2.05, 4.69) is 42.5 Å². The van der Waals surface area contributed by atoms with Gasteiger partial charge in [-0.05, 0) is 43.9 Å². The molecule has 0 fully saturated rings. The lowest BCUT2D eigenvalue weighted by Crippen LogP contribution is -2.31. The van der Waals surface area contributed by atoms with Crippen LogP contribution in [0.2, 0.25) is 0 Å². The topological polar surface area (TPSA) is 70.6 Å². The Hall–Kier alpha value is -1.71. The molecule has 0 aliphatic heterocycles. The van der Waals surface area contributed by atoms with E-state index in [9.17, 15) is 0 Å². The maximum Gasteiger partial charge on any atom is 0.144 e. The van der Waals surface area contributed by atoms with Crippen LogP contribution in [0.3, 0.4) is 0 Å². The molecule has 0 atom stereocenters. The predicted octanol–water partition coefficient (Wildman–Crippen LogP) is 3.66. The second-order valence-electron chi connectivity index (χ2n) is 6.07. The number of rotatable bonds is 7. The largest absolute Gasteiger partial charge is 0.409 e. The molecule has 0 aliphatic carbocycles. The van der Waals surface area contributed by atoms with Crippen molar-refractivity contribution < 1.29 is 5.21 Å². The molecule has 4 heteroatoms. The summed E-state index contributed by atoms with van der Waals surface area (Å²) in [4.78, 5) is 0. The Kier molecular flexibility index (Phi) is 5.86. The molecule has 4 nitrogen and oxygen atoms in total. The number of benzene rings is 1. The molecule has 0 bridgehead atoms. The zero-order valence-electron chi connectivity index (χ0n) is 13.0. The highest BCUT2D eigenvalue weighted by molar-refractivity contribution is 5.85. The van der Waals surface area contributed by atoms with Crippen LogP contribution >= 0.6 is 0 Å². The van der Waals surface area contributed by atoms with Crippen LogP contribution in [0.5, 0.6) is 0 Å². The number of nitrogens with one attached hydrogen (secondary N) is 1. The van der Waals surface area contributed by atoms with Crippen LogP contribution in [0.4, 0.5) is 5.69 Å². The van der Waals surface area contributed by atoms with Crippen LogP contribution in [0.25, 0.3) is 0 Å². The standard InChI is InChI=1S/C16H27N3O/c1-12-7-8-13(2)14(11-12)18-10-6-5-9-16(3,4)15(17)19-20/h7-8,11,18,20H,5-6,9-10H2,1-4H3,(H2,17,19). The molecule has 0 radical (unpaired) electrons. The Morgan fingerprint density at radius 1 is 1.30 bits per heavy atom. The van der Waals surface area contributed by atoms with E-state index in [4.69, 9.17) is 10.9 Å². The van der Waals surface area contributed by atoms with Crippen LogP contribution in [0, 0.1) is 19.3 Å². The van der Waals surface area contributed by atoms with Crippen molar-refractivity contribution in [3.8, 4) is 0 Å². The van der Waals surface area contributed by atoms with Gasteiger partial charge in [0.05, 0.1) is 0 Å². The number of nitrogens with two attached hydrogens (primary N) is 1. The van der Waals surface area contributed by atoms with E-state index < -0.39 is 0 Å². The average Bonchev–Trinajstić information content (AvgIpc) is 2.41. The monoisotopic (exact) mass is 277 g/mol. The quantitative estimate of drug-likeness (QED) is 0.234. The highest BCUT2D eigenvalue weighted by Crippen LogP contribution is 2.23. The van der Waals surface area contributed by atoms with Gasteiger partial charge < -0.3 is 16.3 Å². The molecular formula is C16H27N3O. The maximum absolute atomic E-state index is 8.73. The SMILES string of the molecule is Cc1ccc(C)c(NCCCCC(C)(C)/C(N)=N/O)c1. The third-order valence-electron chi connectivity index (χ3n) is 3.74. The summed E-state index contributed by atoms with van der Waals surface area (Å²) in [6, 6.07) is 6.44. The first kappa shape index (κ1) is 16.3. The molecule has 4 N–H and O–H groups in total. The number of anilines is 1. The molecule has 1 rings (SSSR count). The van der Waals surface area contributed by atoms with Crippen molar-refractivity contribution in [3.63, 3.8) is 0 Å². The molecule has 0 amide bonds. The molecular weight excluding hydrogens is 250 g/mol. The Labute approximate surface area is 122 Å². The van der Waals surface area contributed by atoms with Gasteiger partial charge >= 0.3 is 0 Å². The first-order valence-corrected chi connectivity index (χ1v) is 7.16. The van der Waals surface area contributed by atoms with E-state index in [1.807, 2.05) is 13.8 Å². The number of unbranched alkanes of at least 4 members (excludes halogenated alkanes) is 1. The fourth-order valence-corrected chi connectivity index (χ4v) is 2.10. The Morgan fingerprint density at radius 2 is 2.00 bits per heavy atom. The van der Waals surface area contributed by atoms with Crippen molar-refractivity contribution in [1.29, 1.82) is 0 Å². The summed E-state index contributed by atoms with van der Waals surface area (Å²) < 4.78 is 0. The van der Waals surface area contributed by atoms with E-state index in [0.29, 0.717) is 5.84 Å². The number of nitrogens with zero attached hydrogens (tertiary/aromatic N) is 1. The first-order valence-electron chi connectivity index (χ1n) is 7.16. The van der Waals surface area contributed by atoms with Crippen molar-refractivity contribution in [2.75, 3.05) is 11.9 Å². The molecule has 20 heavy (non-hydrogen) atoms. The van der Waals surface area contributed by atoms with Crippen molar-refractivity contribution in [2.45, 2.75) is 47.0 Å². The fraction of sp³-hybridized carbons (Fsp3) is 0.562. The Bertz CT molecular complexity index is 467. The molecule has 0 spiro atoms.